The van der Waals surface area contributed by atoms with Crippen molar-refractivity contribution in [1.82, 2.24) is 0 Å². The molecule has 2 bridgehead atoms. The molecule has 0 aromatic heterocycles. The van der Waals surface area contributed by atoms with Gasteiger partial charge >= 0.3 is 0 Å². The summed E-state index contributed by atoms with van der Waals surface area (Å²) in [4.78, 5) is 27.2. The van der Waals surface area contributed by atoms with Gasteiger partial charge in [0.2, 0.25) is 11.8 Å². The second-order valence-corrected chi connectivity index (χ2v) is 7.11. The molecule has 2 saturated heterocycles. The van der Waals surface area contributed by atoms with E-state index in [2.05, 4.69) is 0 Å². The van der Waals surface area contributed by atoms with Gasteiger partial charge < -0.3 is 9.47 Å². The van der Waals surface area contributed by atoms with E-state index < -0.39 is 23.0 Å². The highest BCUT2D eigenvalue weighted by Gasteiger charge is 2.70. The van der Waals surface area contributed by atoms with Crippen molar-refractivity contribution in [1.29, 1.82) is 0 Å². The van der Waals surface area contributed by atoms with Crippen LogP contribution in [0.15, 0.2) is 36.4 Å². The molecule has 0 aliphatic carbocycles. The third-order valence-electron chi connectivity index (χ3n) is 5.29. The second-order valence-electron chi connectivity index (χ2n) is 7.11. The summed E-state index contributed by atoms with van der Waals surface area (Å²) >= 11 is 0. The minimum Gasteiger partial charge on any atom is -0.494 e. The van der Waals surface area contributed by atoms with Crippen LogP contribution >= 0.6 is 0 Å². The molecule has 3 aliphatic rings. The van der Waals surface area contributed by atoms with Gasteiger partial charge in [0.1, 0.15) is 5.75 Å². The Morgan fingerprint density at radius 1 is 1.04 bits per heavy atom. The molecule has 0 saturated carbocycles. The molecule has 4 atom stereocenters. The Kier molecular flexibility index (Phi) is 3.16. The first-order valence-corrected chi connectivity index (χ1v) is 8.41. The van der Waals surface area contributed by atoms with Gasteiger partial charge in [-0.1, -0.05) is 19.1 Å². The summed E-state index contributed by atoms with van der Waals surface area (Å²) in [5.41, 5.74) is -0.786. The number of nitrogens with zero attached hydrogens (tertiary/aromatic N) is 1. The van der Waals surface area contributed by atoms with Gasteiger partial charge in [0.05, 0.1) is 35.3 Å². The lowest BCUT2D eigenvalue weighted by atomic mass is 9.73. The van der Waals surface area contributed by atoms with Crippen LogP contribution in [0.1, 0.15) is 27.2 Å². The van der Waals surface area contributed by atoms with Crippen LogP contribution in [0.4, 0.5) is 5.69 Å². The van der Waals surface area contributed by atoms with Gasteiger partial charge in [-0.05, 0) is 44.5 Å². The van der Waals surface area contributed by atoms with E-state index in [9.17, 15) is 9.59 Å². The predicted molar refractivity (Wildman–Crippen MR) is 88.7 cm³/mol. The topological polar surface area (TPSA) is 55.8 Å². The minimum absolute atomic E-state index is 0.178. The summed E-state index contributed by atoms with van der Waals surface area (Å²) in [5, 5.41) is 0. The Hall–Kier alpha value is -2.14. The first-order valence-electron chi connectivity index (χ1n) is 8.41. The van der Waals surface area contributed by atoms with Gasteiger partial charge in [0, 0.05) is 0 Å². The van der Waals surface area contributed by atoms with Crippen molar-refractivity contribution < 1.29 is 19.1 Å². The molecule has 0 N–H and O–H groups in total. The van der Waals surface area contributed by atoms with E-state index in [1.165, 1.54) is 4.90 Å². The van der Waals surface area contributed by atoms with E-state index >= 15 is 0 Å². The molecule has 0 radical (unpaired) electrons. The maximum Gasteiger partial charge on any atom is 0.241 e. The molecule has 5 heteroatoms. The zero-order valence-corrected chi connectivity index (χ0v) is 14.1. The third-order valence-corrected chi connectivity index (χ3v) is 5.29. The van der Waals surface area contributed by atoms with Gasteiger partial charge in [-0.15, -0.1) is 0 Å². The fourth-order valence-electron chi connectivity index (χ4n) is 4.20. The van der Waals surface area contributed by atoms with Crippen molar-refractivity contribution in [2.45, 2.75) is 38.4 Å². The number of carbonyl (C=O) groups is 2. The second kappa shape index (κ2) is 4.93. The van der Waals surface area contributed by atoms with Gasteiger partial charge in [-0.25, -0.2) is 4.90 Å². The molecule has 2 amide bonds. The van der Waals surface area contributed by atoms with E-state index in [1.807, 2.05) is 32.9 Å². The smallest absolute Gasteiger partial charge is 0.241 e. The lowest BCUT2D eigenvalue weighted by Crippen LogP contribution is -2.39. The number of hydrogen-bond acceptors (Lipinski definition) is 4. The van der Waals surface area contributed by atoms with Crippen LogP contribution in [0.2, 0.25) is 0 Å². The summed E-state index contributed by atoms with van der Waals surface area (Å²) in [6, 6.07) is 7.13. The lowest BCUT2D eigenvalue weighted by molar-refractivity contribution is -0.128. The van der Waals surface area contributed by atoms with Gasteiger partial charge in [0.25, 0.3) is 0 Å². The number of amides is 2. The average Bonchev–Trinajstić information content (AvgIpc) is 3.10. The SMILES string of the molecule is CCCOc1ccc(N2C(=O)[C@H]3[C@H](C2=O)[C@@]2(C)C=C[C@@]3(C)O2)cc1. The Morgan fingerprint density at radius 2 is 1.58 bits per heavy atom. The molecule has 0 spiro atoms. The molecule has 1 aromatic rings. The van der Waals surface area contributed by atoms with E-state index in [-0.39, 0.29) is 11.8 Å². The van der Waals surface area contributed by atoms with Crippen molar-refractivity contribution >= 4 is 17.5 Å². The number of ether oxygens (including phenoxy) is 2. The van der Waals surface area contributed by atoms with Gasteiger partial charge in [-0.2, -0.15) is 0 Å². The largest absolute Gasteiger partial charge is 0.494 e. The fraction of sp³-hybridized carbons (Fsp3) is 0.474. The quantitative estimate of drug-likeness (QED) is 0.630. The number of rotatable bonds is 4. The van der Waals surface area contributed by atoms with Crippen LogP contribution in [0.25, 0.3) is 0 Å². The third kappa shape index (κ3) is 1.91. The molecule has 1 aromatic carbocycles. The van der Waals surface area contributed by atoms with Crippen LogP contribution in [-0.4, -0.2) is 29.6 Å². The van der Waals surface area contributed by atoms with Crippen molar-refractivity contribution in [3.63, 3.8) is 0 Å². The summed E-state index contributed by atoms with van der Waals surface area (Å²) in [6.45, 7) is 6.45. The number of carbonyl (C=O) groups excluding carboxylic acids is 2. The predicted octanol–water partition coefficient (Wildman–Crippen LogP) is 2.70. The molecule has 0 unspecified atom stereocenters. The Bertz CT molecular complexity index is 704. The Labute approximate surface area is 141 Å². The fourth-order valence-corrected chi connectivity index (χ4v) is 4.20. The molecule has 5 nitrogen and oxygen atoms in total. The summed E-state index contributed by atoms with van der Waals surface area (Å²) < 4.78 is 11.6. The molecule has 2 fully saturated rings. The molecule has 24 heavy (non-hydrogen) atoms. The summed E-state index contributed by atoms with van der Waals surface area (Å²) in [6.07, 6.45) is 4.77. The summed E-state index contributed by atoms with van der Waals surface area (Å²) in [7, 11) is 0. The van der Waals surface area contributed by atoms with E-state index in [1.54, 1.807) is 24.3 Å². The highest BCUT2D eigenvalue weighted by molar-refractivity contribution is 6.23. The standard InChI is InChI=1S/C19H21NO4/c1-4-11-23-13-7-5-12(6-8-13)20-16(21)14-15(17(20)22)19(3)10-9-18(14,2)24-19/h5-10,14-15H,4,11H2,1-3H3/t14-,15-,18-,19-/m1/s1. The molecule has 4 rings (SSSR count). The normalized spacial score (nSPS) is 36.5. The molecule has 126 valence electrons. The van der Waals surface area contributed by atoms with Crippen molar-refractivity contribution in [3.8, 4) is 5.75 Å². The molecule has 3 heterocycles. The van der Waals surface area contributed by atoms with Crippen LogP contribution in [0.3, 0.4) is 0 Å². The van der Waals surface area contributed by atoms with Crippen LogP contribution < -0.4 is 9.64 Å². The van der Waals surface area contributed by atoms with Crippen LogP contribution in [0.5, 0.6) is 5.75 Å². The number of benzene rings is 1. The Balaban J connectivity index is 1.64. The molecular formula is C19H21NO4. The van der Waals surface area contributed by atoms with E-state index in [0.29, 0.717) is 12.3 Å². The van der Waals surface area contributed by atoms with Crippen LogP contribution in [0, 0.1) is 11.8 Å². The highest BCUT2D eigenvalue weighted by atomic mass is 16.5. The first-order chi connectivity index (χ1) is 11.4. The first kappa shape index (κ1) is 15.4. The number of hydrogen-bond donors (Lipinski definition) is 0. The highest BCUT2D eigenvalue weighted by Crippen LogP contribution is 2.57. The minimum atomic E-state index is -0.689. The van der Waals surface area contributed by atoms with Crippen molar-refractivity contribution in [2.75, 3.05) is 11.5 Å². The van der Waals surface area contributed by atoms with Gasteiger partial charge in [0.15, 0.2) is 0 Å². The summed E-state index contributed by atoms with van der Waals surface area (Å²) in [5.74, 6) is -0.512. The molecular weight excluding hydrogens is 306 g/mol. The lowest BCUT2D eigenvalue weighted by Gasteiger charge is -2.25. The molecule has 3 aliphatic heterocycles. The van der Waals surface area contributed by atoms with E-state index in [4.69, 9.17) is 9.47 Å². The number of imide groups is 1. The van der Waals surface area contributed by atoms with Gasteiger partial charge in [-0.3, -0.25) is 9.59 Å². The average molecular weight is 327 g/mol. The Morgan fingerprint density at radius 3 is 2.08 bits per heavy atom. The monoisotopic (exact) mass is 327 g/mol. The van der Waals surface area contributed by atoms with Crippen molar-refractivity contribution in [2.24, 2.45) is 11.8 Å². The zero-order valence-electron chi connectivity index (χ0n) is 14.1. The number of anilines is 1. The zero-order chi connectivity index (χ0) is 17.1. The maximum absolute atomic E-state index is 13.0. The van der Waals surface area contributed by atoms with Crippen LogP contribution in [-0.2, 0) is 14.3 Å². The maximum atomic E-state index is 13.0. The van der Waals surface area contributed by atoms with E-state index in [0.717, 1.165) is 12.2 Å². The van der Waals surface area contributed by atoms with Crippen molar-refractivity contribution in [3.05, 3.63) is 36.4 Å². The number of fused-ring (bicyclic) bond motifs is 5.